The quantitative estimate of drug-likeness (QED) is 0.649. The minimum absolute atomic E-state index is 0.632. The highest BCUT2D eigenvalue weighted by Gasteiger charge is 2.00. The SMILES string of the molecule is Cc1cc(-c2ncccn2)ncn1. The summed E-state index contributed by atoms with van der Waals surface area (Å²) in [6.45, 7) is 1.91. The second kappa shape index (κ2) is 3.26. The minimum atomic E-state index is 0.632. The summed E-state index contributed by atoms with van der Waals surface area (Å²) in [5.41, 5.74) is 1.67. The van der Waals surface area contributed by atoms with E-state index >= 15 is 0 Å². The van der Waals surface area contributed by atoms with Gasteiger partial charge in [-0.3, -0.25) is 0 Å². The van der Waals surface area contributed by atoms with Crippen molar-refractivity contribution in [1.29, 1.82) is 0 Å². The van der Waals surface area contributed by atoms with E-state index in [0.717, 1.165) is 11.4 Å². The fourth-order valence-corrected chi connectivity index (χ4v) is 1.01. The molecule has 4 nitrogen and oxygen atoms in total. The van der Waals surface area contributed by atoms with Gasteiger partial charge in [0.25, 0.3) is 0 Å². The molecule has 0 amide bonds. The van der Waals surface area contributed by atoms with Crippen LogP contribution in [0.15, 0.2) is 30.9 Å². The number of hydrogen-bond acceptors (Lipinski definition) is 4. The van der Waals surface area contributed by atoms with Crippen LogP contribution in [0.2, 0.25) is 0 Å². The first-order valence-electron chi connectivity index (χ1n) is 3.92. The van der Waals surface area contributed by atoms with Crippen molar-refractivity contribution < 1.29 is 0 Å². The lowest BCUT2D eigenvalue weighted by Crippen LogP contribution is -1.92. The van der Waals surface area contributed by atoms with Gasteiger partial charge in [0.15, 0.2) is 5.82 Å². The Labute approximate surface area is 75.7 Å². The van der Waals surface area contributed by atoms with E-state index in [9.17, 15) is 0 Å². The zero-order valence-corrected chi connectivity index (χ0v) is 7.18. The predicted molar refractivity (Wildman–Crippen MR) is 47.8 cm³/mol. The maximum atomic E-state index is 4.09. The average molecular weight is 172 g/mol. The summed E-state index contributed by atoms with van der Waals surface area (Å²) in [4.78, 5) is 16.2. The van der Waals surface area contributed by atoms with Crippen molar-refractivity contribution >= 4 is 0 Å². The van der Waals surface area contributed by atoms with Gasteiger partial charge in [-0.25, -0.2) is 19.9 Å². The van der Waals surface area contributed by atoms with E-state index in [1.807, 2.05) is 13.0 Å². The van der Waals surface area contributed by atoms with Crippen LogP contribution < -0.4 is 0 Å². The molecule has 13 heavy (non-hydrogen) atoms. The molecule has 0 bridgehead atoms. The molecule has 2 aromatic rings. The molecule has 0 unspecified atom stereocenters. The van der Waals surface area contributed by atoms with Crippen molar-refractivity contribution in [3.8, 4) is 11.5 Å². The van der Waals surface area contributed by atoms with Crippen molar-refractivity contribution in [3.63, 3.8) is 0 Å². The Morgan fingerprint density at radius 3 is 2.46 bits per heavy atom. The summed E-state index contributed by atoms with van der Waals surface area (Å²) in [6, 6.07) is 3.63. The third kappa shape index (κ3) is 1.66. The lowest BCUT2D eigenvalue weighted by atomic mass is 10.3. The topological polar surface area (TPSA) is 51.6 Å². The second-order valence-electron chi connectivity index (χ2n) is 2.62. The predicted octanol–water partition coefficient (Wildman–Crippen LogP) is 1.24. The third-order valence-corrected chi connectivity index (χ3v) is 1.60. The van der Waals surface area contributed by atoms with Gasteiger partial charge in [0.1, 0.15) is 12.0 Å². The minimum Gasteiger partial charge on any atom is -0.242 e. The van der Waals surface area contributed by atoms with E-state index in [1.165, 1.54) is 6.33 Å². The molecule has 0 fully saturated rings. The Morgan fingerprint density at radius 1 is 1.00 bits per heavy atom. The molecule has 0 spiro atoms. The molecule has 0 atom stereocenters. The highest BCUT2D eigenvalue weighted by atomic mass is 14.9. The number of hydrogen-bond donors (Lipinski definition) is 0. The molecule has 2 rings (SSSR count). The molecule has 64 valence electrons. The van der Waals surface area contributed by atoms with Crippen LogP contribution in [0, 0.1) is 6.92 Å². The number of rotatable bonds is 1. The van der Waals surface area contributed by atoms with E-state index in [1.54, 1.807) is 18.5 Å². The fourth-order valence-electron chi connectivity index (χ4n) is 1.01. The smallest absolute Gasteiger partial charge is 0.178 e. The van der Waals surface area contributed by atoms with Crippen LogP contribution in [0.5, 0.6) is 0 Å². The van der Waals surface area contributed by atoms with Crippen LogP contribution in [-0.2, 0) is 0 Å². The molecule has 0 aromatic carbocycles. The number of aromatic nitrogens is 4. The summed E-state index contributed by atoms with van der Waals surface area (Å²) in [5.74, 6) is 0.632. The third-order valence-electron chi connectivity index (χ3n) is 1.60. The van der Waals surface area contributed by atoms with Gasteiger partial charge in [0, 0.05) is 18.1 Å². The fraction of sp³-hybridized carbons (Fsp3) is 0.111. The molecule has 4 heteroatoms. The first kappa shape index (κ1) is 7.79. The van der Waals surface area contributed by atoms with Crippen molar-refractivity contribution in [2.75, 3.05) is 0 Å². The van der Waals surface area contributed by atoms with Crippen molar-refractivity contribution in [2.45, 2.75) is 6.92 Å². The van der Waals surface area contributed by atoms with Gasteiger partial charge in [-0.15, -0.1) is 0 Å². The van der Waals surface area contributed by atoms with Crippen LogP contribution in [0.1, 0.15) is 5.69 Å². The first-order chi connectivity index (χ1) is 6.36. The summed E-state index contributed by atoms with van der Waals surface area (Å²) < 4.78 is 0. The lowest BCUT2D eigenvalue weighted by Gasteiger charge is -1.97. The van der Waals surface area contributed by atoms with Gasteiger partial charge in [-0.2, -0.15) is 0 Å². The van der Waals surface area contributed by atoms with E-state index in [0.29, 0.717) is 5.82 Å². The van der Waals surface area contributed by atoms with Crippen LogP contribution >= 0.6 is 0 Å². The van der Waals surface area contributed by atoms with Crippen molar-refractivity contribution in [3.05, 3.63) is 36.5 Å². The largest absolute Gasteiger partial charge is 0.242 e. The second-order valence-corrected chi connectivity index (χ2v) is 2.62. The molecule has 0 aliphatic rings. The normalized spacial score (nSPS) is 9.92. The standard InChI is InChI=1S/C9H8N4/c1-7-5-8(13-6-12-7)9-10-3-2-4-11-9/h2-6H,1H3. The van der Waals surface area contributed by atoms with E-state index in [2.05, 4.69) is 19.9 Å². The summed E-state index contributed by atoms with van der Waals surface area (Å²) in [7, 11) is 0. The molecule has 0 aliphatic carbocycles. The molecule has 0 radical (unpaired) electrons. The first-order valence-corrected chi connectivity index (χ1v) is 3.92. The van der Waals surface area contributed by atoms with Crippen LogP contribution in [0.25, 0.3) is 11.5 Å². The van der Waals surface area contributed by atoms with Crippen LogP contribution in [0.3, 0.4) is 0 Å². The van der Waals surface area contributed by atoms with Gasteiger partial charge in [0.05, 0.1) is 0 Å². The van der Waals surface area contributed by atoms with Gasteiger partial charge in [-0.1, -0.05) is 0 Å². The highest BCUT2D eigenvalue weighted by Crippen LogP contribution is 2.09. The molecular weight excluding hydrogens is 164 g/mol. The molecule has 0 aliphatic heterocycles. The van der Waals surface area contributed by atoms with E-state index in [-0.39, 0.29) is 0 Å². The zero-order valence-electron chi connectivity index (χ0n) is 7.18. The molecular formula is C9H8N4. The van der Waals surface area contributed by atoms with Crippen LogP contribution in [0.4, 0.5) is 0 Å². The maximum Gasteiger partial charge on any atom is 0.178 e. The Kier molecular flexibility index (Phi) is 1.96. The Morgan fingerprint density at radius 2 is 1.77 bits per heavy atom. The number of aryl methyl sites for hydroxylation is 1. The monoisotopic (exact) mass is 172 g/mol. The summed E-state index contributed by atoms with van der Waals surface area (Å²) in [5, 5.41) is 0. The Bertz CT molecular complexity index is 399. The zero-order chi connectivity index (χ0) is 9.10. The lowest BCUT2D eigenvalue weighted by molar-refractivity contribution is 1.07. The molecule has 0 N–H and O–H groups in total. The van der Waals surface area contributed by atoms with E-state index in [4.69, 9.17) is 0 Å². The van der Waals surface area contributed by atoms with Gasteiger partial charge in [0.2, 0.25) is 0 Å². The van der Waals surface area contributed by atoms with Crippen LogP contribution in [-0.4, -0.2) is 19.9 Å². The summed E-state index contributed by atoms with van der Waals surface area (Å²) >= 11 is 0. The Balaban J connectivity index is 2.48. The summed E-state index contributed by atoms with van der Waals surface area (Å²) in [6.07, 6.45) is 4.90. The highest BCUT2D eigenvalue weighted by molar-refractivity contribution is 5.47. The van der Waals surface area contributed by atoms with Gasteiger partial charge < -0.3 is 0 Å². The molecule has 2 aromatic heterocycles. The van der Waals surface area contributed by atoms with Gasteiger partial charge in [-0.05, 0) is 19.1 Å². The molecule has 0 saturated carbocycles. The molecule has 0 saturated heterocycles. The number of nitrogens with zero attached hydrogens (tertiary/aromatic N) is 4. The molecule has 2 heterocycles. The van der Waals surface area contributed by atoms with Crippen molar-refractivity contribution in [2.24, 2.45) is 0 Å². The average Bonchev–Trinajstić information content (AvgIpc) is 2.19. The van der Waals surface area contributed by atoms with E-state index < -0.39 is 0 Å². The van der Waals surface area contributed by atoms with Gasteiger partial charge >= 0.3 is 0 Å². The maximum absolute atomic E-state index is 4.09. The Hall–Kier alpha value is -1.84. The van der Waals surface area contributed by atoms with Crippen molar-refractivity contribution in [1.82, 2.24) is 19.9 Å².